The van der Waals surface area contributed by atoms with Crippen molar-refractivity contribution in [2.24, 2.45) is 0 Å². The number of benzene rings is 2. The molecule has 0 saturated heterocycles. The highest BCUT2D eigenvalue weighted by molar-refractivity contribution is 7.90. The van der Waals surface area contributed by atoms with E-state index in [2.05, 4.69) is 0 Å². The van der Waals surface area contributed by atoms with E-state index in [9.17, 15) is 13.2 Å². The number of amides is 1. The zero-order chi connectivity index (χ0) is 19.6. The number of hydrogen-bond donors (Lipinski definition) is 1. The minimum atomic E-state index is -4.07. The molecule has 27 heavy (non-hydrogen) atoms. The molecule has 2 aromatic carbocycles. The van der Waals surface area contributed by atoms with Gasteiger partial charge in [0.1, 0.15) is 10.6 Å². The molecule has 0 radical (unpaired) electrons. The monoisotopic (exact) mass is 403 g/mol. The Kier molecular flexibility index (Phi) is 5.25. The molecule has 0 aliphatic rings. The minimum Gasteiger partial charge on any atom is -0.398 e. The van der Waals surface area contributed by atoms with Crippen molar-refractivity contribution in [1.82, 2.24) is 8.87 Å². The van der Waals surface area contributed by atoms with E-state index in [4.69, 9.17) is 17.3 Å². The van der Waals surface area contributed by atoms with Gasteiger partial charge in [-0.25, -0.2) is 12.4 Å². The van der Waals surface area contributed by atoms with Gasteiger partial charge in [-0.05, 0) is 35.9 Å². The maximum atomic E-state index is 13.0. The van der Waals surface area contributed by atoms with Gasteiger partial charge in [0.05, 0.1) is 5.69 Å². The predicted molar refractivity (Wildman–Crippen MR) is 105 cm³/mol. The molecule has 6 nitrogen and oxygen atoms in total. The van der Waals surface area contributed by atoms with E-state index in [1.807, 2.05) is 30.3 Å². The summed E-state index contributed by atoms with van der Waals surface area (Å²) < 4.78 is 27.0. The molecule has 3 rings (SSSR count). The number of nitrogen functional groups attached to an aromatic ring is 1. The fraction of sp³-hybridized carbons (Fsp3) is 0.105. The van der Waals surface area contributed by atoms with Gasteiger partial charge in [0.25, 0.3) is 15.9 Å². The number of carbonyl (C=O) groups is 1. The molecule has 1 amide bonds. The summed E-state index contributed by atoms with van der Waals surface area (Å²) in [6.45, 7) is 0.351. The summed E-state index contributed by atoms with van der Waals surface area (Å²) in [6, 6.07) is 16.6. The van der Waals surface area contributed by atoms with Gasteiger partial charge in [-0.15, -0.1) is 0 Å². The number of anilines is 1. The molecular weight excluding hydrogens is 386 g/mol. The Bertz CT molecular complexity index is 1080. The fourth-order valence-electron chi connectivity index (χ4n) is 2.70. The molecule has 140 valence electrons. The maximum Gasteiger partial charge on any atom is 0.271 e. The van der Waals surface area contributed by atoms with Crippen LogP contribution in [-0.2, 0) is 16.6 Å². The lowest BCUT2D eigenvalue weighted by atomic mass is 10.2. The summed E-state index contributed by atoms with van der Waals surface area (Å²) in [7, 11) is -2.45. The van der Waals surface area contributed by atoms with Crippen molar-refractivity contribution < 1.29 is 13.2 Å². The van der Waals surface area contributed by atoms with Crippen molar-refractivity contribution in [2.45, 2.75) is 11.4 Å². The largest absolute Gasteiger partial charge is 0.398 e. The topological polar surface area (TPSA) is 85.4 Å². The van der Waals surface area contributed by atoms with E-state index >= 15 is 0 Å². The average Bonchev–Trinajstić information content (AvgIpc) is 3.14. The predicted octanol–water partition coefficient (Wildman–Crippen LogP) is 3.23. The van der Waals surface area contributed by atoms with Crippen molar-refractivity contribution in [1.29, 1.82) is 0 Å². The number of nitrogens with zero attached hydrogens (tertiary/aromatic N) is 2. The number of carbonyl (C=O) groups excluding carboxylic acids is 1. The van der Waals surface area contributed by atoms with Gasteiger partial charge in [-0.3, -0.25) is 4.79 Å². The lowest BCUT2D eigenvalue weighted by molar-refractivity contribution is 0.0778. The number of halogens is 1. The Morgan fingerprint density at radius 2 is 1.81 bits per heavy atom. The molecule has 8 heteroatoms. The Labute approximate surface area is 162 Å². The molecule has 0 spiro atoms. The highest BCUT2D eigenvalue weighted by Gasteiger charge is 2.26. The normalized spacial score (nSPS) is 11.3. The van der Waals surface area contributed by atoms with Crippen LogP contribution in [0, 0.1) is 0 Å². The van der Waals surface area contributed by atoms with E-state index in [0.717, 1.165) is 9.54 Å². The summed E-state index contributed by atoms with van der Waals surface area (Å²) in [5.41, 5.74) is 6.84. The fourth-order valence-corrected chi connectivity index (χ4v) is 4.42. The molecule has 2 N–H and O–H groups in total. The van der Waals surface area contributed by atoms with Crippen molar-refractivity contribution in [2.75, 3.05) is 12.8 Å². The lowest BCUT2D eigenvalue weighted by Gasteiger charge is -2.19. The van der Waals surface area contributed by atoms with Crippen LogP contribution in [0.5, 0.6) is 0 Å². The third-order valence-corrected chi connectivity index (χ3v) is 6.03. The Balaban J connectivity index is 1.95. The molecule has 0 unspecified atom stereocenters. The first kappa shape index (κ1) is 19.0. The van der Waals surface area contributed by atoms with Crippen LogP contribution in [0.2, 0.25) is 5.02 Å². The van der Waals surface area contributed by atoms with Gasteiger partial charge in [0.15, 0.2) is 0 Å². The quantitative estimate of drug-likeness (QED) is 0.662. The van der Waals surface area contributed by atoms with Gasteiger partial charge in [-0.1, -0.05) is 41.9 Å². The second-order valence-corrected chi connectivity index (χ2v) is 8.24. The summed E-state index contributed by atoms with van der Waals surface area (Å²) in [5.74, 6) is -0.423. The van der Waals surface area contributed by atoms with Crippen LogP contribution in [0.1, 0.15) is 16.1 Å². The molecule has 0 aliphatic heterocycles. The van der Waals surface area contributed by atoms with E-state index in [-0.39, 0.29) is 21.3 Å². The van der Waals surface area contributed by atoms with Crippen molar-refractivity contribution in [3.63, 3.8) is 0 Å². The second-order valence-electron chi connectivity index (χ2n) is 6.02. The van der Waals surface area contributed by atoms with Crippen LogP contribution in [0.15, 0.2) is 71.8 Å². The highest BCUT2D eigenvalue weighted by atomic mass is 35.5. The molecule has 3 aromatic rings. The van der Waals surface area contributed by atoms with E-state index in [1.54, 1.807) is 7.05 Å². The summed E-state index contributed by atoms with van der Waals surface area (Å²) in [4.78, 5) is 14.2. The van der Waals surface area contributed by atoms with E-state index in [0.29, 0.717) is 6.54 Å². The standard InChI is InChI=1S/C19H18ClN3O3S/c1-22(13-14-6-3-2-4-7-14)19(24)17-8-5-11-23(17)27(25,26)18-12-15(20)9-10-16(18)21/h2-12H,13,21H2,1H3. The van der Waals surface area contributed by atoms with Crippen LogP contribution in [-0.4, -0.2) is 30.2 Å². The van der Waals surface area contributed by atoms with Gasteiger partial charge in [0.2, 0.25) is 0 Å². The first-order chi connectivity index (χ1) is 12.8. The minimum absolute atomic E-state index is 0.0211. The zero-order valence-electron chi connectivity index (χ0n) is 14.5. The van der Waals surface area contributed by atoms with Crippen LogP contribution < -0.4 is 5.73 Å². The zero-order valence-corrected chi connectivity index (χ0v) is 16.1. The highest BCUT2D eigenvalue weighted by Crippen LogP contribution is 2.26. The van der Waals surface area contributed by atoms with Crippen LogP contribution in [0.25, 0.3) is 0 Å². The molecule has 0 aliphatic carbocycles. The van der Waals surface area contributed by atoms with Gasteiger partial charge in [-0.2, -0.15) is 0 Å². The van der Waals surface area contributed by atoms with Crippen LogP contribution in [0.3, 0.4) is 0 Å². The summed E-state index contributed by atoms with van der Waals surface area (Å²) >= 11 is 5.92. The van der Waals surface area contributed by atoms with E-state index in [1.165, 1.54) is 41.4 Å². The third-order valence-electron chi connectivity index (χ3n) is 4.05. The Hall–Kier alpha value is -2.77. The number of nitrogens with two attached hydrogens (primary N) is 1. The van der Waals surface area contributed by atoms with Crippen molar-refractivity contribution in [3.8, 4) is 0 Å². The number of hydrogen-bond acceptors (Lipinski definition) is 4. The Morgan fingerprint density at radius 3 is 2.52 bits per heavy atom. The second kappa shape index (κ2) is 7.46. The van der Waals surface area contributed by atoms with Crippen molar-refractivity contribution >= 4 is 33.2 Å². The summed E-state index contributed by atoms with van der Waals surface area (Å²) in [5, 5.41) is 0.240. The molecule has 1 aromatic heterocycles. The number of rotatable bonds is 5. The summed E-state index contributed by atoms with van der Waals surface area (Å²) in [6.07, 6.45) is 1.32. The van der Waals surface area contributed by atoms with Gasteiger partial charge >= 0.3 is 0 Å². The molecule has 0 saturated carbocycles. The van der Waals surface area contributed by atoms with Gasteiger partial charge < -0.3 is 10.6 Å². The first-order valence-corrected chi connectivity index (χ1v) is 9.90. The third kappa shape index (κ3) is 3.84. The molecule has 0 fully saturated rings. The molecular formula is C19H18ClN3O3S. The van der Waals surface area contributed by atoms with Crippen molar-refractivity contribution in [3.05, 3.63) is 83.1 Å². The number of aromatic nitrogens is 1. The molecule has 0 bridgehead atoms. The Morgan fingerprint density at radius 1 is 1.11 bits per heavy atom. The molecule has 1 heterocycles. The first-order valence-electron chi connectivity index (χ1n) is 8.08. The average molecular weight is 404 g/mol. The van der Waals surface area contributed by atoms with E-state index < -0.39 is 15.9 Å². The van der Waals surface area contributed by atoms with Gasteiger partial charge in [0, 0.05) is 24.8 Å². The molecule has 0 atom stereocenters. The lowest BCUT2D eigenvalue weighted by Crippen LogP contribution is -2.30. The van der Waals surface area contributed by atoms with Crippen LogP contribution in [0.4, 0.5) is 5.69 Å². The van der Waals surface area contributed by atoms with Crippen LogP contribution >= 0.6 is 11.6 Å². The smallest absolute Gasteiger partial charge is 0.271 e. The maximum absolute atomic E-state index is 13.0. The SMILES string of the molecule is CN(Cc1ccccc1)C(=O)c1cccn1S(=O)(=O)c1cc(Cl)ccc1N.